The lowest BCUT2D eigenvalue weighted by Gasteiger charge is -1.98. The van der Waals surface area contributed by atoms with Gasteiger partial charge in [0.2, 0.25) is 0 Å². The SMILES string of the molecule is CSC(=S)c1ccc(Cl)cc1. The van der Waals surface area contributed by atoms with Crippen molar-refractivity contribution >= 4 is 39.8 Å². The van der Waals surface area contributed by atoms with Crippen LogP contribution in [0.4, 0.5) is 0 Å². The summed E-state index contributed by atoms with van der Waals surface area (Å²) in [6.07, 6.45) is 1.97. The van der Waals surface area contributed by atoms with E-state index in [1.165, 1.54) is 0 Å². The van der Waals surface area contributed by atoms with Crippen LogP contribution in [0.3, 0.4) is 0 Å². The van der Waals surface area contributed by atoms with E-state index in [2.05, 4.69) is 0 Å². The molecule has 0 radical (unpaired) electrons. The quantitative estimate of drug-likeness (QED) is 0.641. The Kier molecular flexibility index (Phi) is 3.37. The number of benzene rings is 1. The summed E-state index contributed by atoms with van der Waals surface area (Å²) >= 11 is 12.4. The molecule has 0 aliphatic rings. The molecule has 0 atom stereocenters. The third kappa shape index (κ3) is 2.47. The fourth-order valence-electron chi connectivity index (χ4n) is 0.704. The van der Waals surface area contributed by atoms with Crippen molar-refractivity contribution in [1.29, 1.82) is 0 Å². The van der Waals surface area contributed by atoms with Crippen LogP contribution >= 0.6 is 35.6 Å². The van der Waals surface area contributed by atoms with E-state index in [9.17, 15) is 0 Å². The predicted molar refractivity (Wildman–Crippen MR) is 56.7 cm³/mol. The lowest BCUT2D eigenvalue weighted by atomic mass is 10.2. The van der Waals surface area contributed by atoms with Crippen molar-refractivity contribution in [3.8, 4) is 0 Å². The standard InChI is InChI=1S/C8H7ClS2/c1-11-8(10)6-2-4-7(9)5-3-6/h2-5H,1H3. The Morgan fingerprint density at radius 2 is 1.91 bits per heavy atom. The van der Waals surface area contributed by atoms with Gasteiger partial charge in [0.25, 0.3) is 0 Å². The first-order chi connectivity index (χ1) is 5.24. The fraction of sp³-hybridized carbons (Fsp3) is 0.125. The van der Waals surface area contributed by atoms with Crippen LogP contribution in [0.15, 0.2) is 24.3 Å². The minimum absolute atomic E-state index is 0.748. The van der Waals surface area contributed by atoms with E-state index in [1.54, 1.807) is 11.8 Å². The highest BCUT2D eigenvalue weighted by Gasteiger charge is 1.97. The fourth-order valence-corrected chi connectivity index (χ4v) is 1.34. The van der Waals surface area contributed by atoms with Crippen LogP contribution in [0.1, 0.15) is 5.56 Å². The van der Waals surface area contributed by atoms with Crippen LogP contribution < -0.4 is 0 Å². The number of hydrogen-bond donors (Lipinski definition) is 0. The molecule has 58 valence electrons. The van der Waals surface area contributed by atoms with Crippen LogP contribution in [0.25, 0.3) is 0 Å². The Bertz CT molecular complexity index is 253. The van der Waals surface area contributed by atoms with Gasteiger partial charge in [-0.1, -0.05) is 36.0 Å². The van der Waals surface area contributed by atoms with Gasteiger partial charge < -0.3 is 0 Å². The maximum atomic E-state index is 5.71. The average molecular weight is 203 g/mol. The molecule has 0 heterocycles. The summed E-state index contributed by atoms with van der Waals surface area (Å²) in [6, 6.07) is 7.56. The van der Waals surface area contributed by atoms with Crippen LogP contribution in [-0.4, -0.2) is 10.5 Å². The van der Waals surface area contributed by atoms with Crippen LogP contribution in [-0.2, 0) is 0 Å². The van der Waals surface area contributed by atoms with Gasteiger partial charge in [-0.2, -0.15) is 0 Å². The van der Waals surface area contributed by atoms with Gasteiger partial charge in [0.15, 0.2) is 0 Å². The predicted octanol–water partition coefficient (Wildman–Crippen LogP) is 3.38. The second-order valence-corrected chi connectivity index (χ2v) is 3.92. The third-order valence-corrected chi connectivity index (χ3v) is 2.86. The molecule has 0 nitrogen and oxygen atoms in total. The van der Waals surface area contributed by atoms with E-state index in [0.29, 0.717) is 0 Å². The van der Waals surface area contributed by atoms with Crippen molar-refractivity contribution in [3.05, 3.63) is 34.9 Å². The molecule has 0 saturated heterocycles. The molecule has 0 aliphatic carbocycles. The lowest BCUT2D eigenvalue weighted by molar-refractivity contribution is 1.68. The molecule has 1 aromatic carbocycles. The van der Waals surface area contributed by atoms with E-state index >= 15 is 0 Å². The first-order valence-corrected chi connectivity index (χ1v) is 5.09. The van der Waals surface area contributed by atoms with Crippen molar-refractivity contribution in [2.75, 3.05) is 6.26 Å². The highest BCUT2D eigenvalue weighted by Crippen LogP contribution is 2.14. The molecule has 1 rings (SSSR count). The molecule has 1 aromatic rings. The van der Waals surface area contributed by atoms with Gasteiger partial charge in [0.05, 0.1) is 4.20 Å². The van der Waals surface area contributed by atoms with Gasteiger partial charge >= 0.3 is 0 Å². The summed E-state index contributed by atoms with van der Waals surface area (Å²) in [5.41, 5.74) is 1.07. The molecular formula is C8H7ClS2. The highest BCUT2D eigenvalue weighted by atomic mass is 35.5. The molecule has 0 spiro atoms. The minimum Gasteiger partial charge on any atom is -0.117 e. The van der Waals surface area contributed by atoms with E-state index in [1.807, 2.05) is 30.5 Å². The molecule has 0 aromatic heterocycles. The molecule has 0 amide bonds. The zero-order chi connectivity index (χ0) is 8.27. The molecule has 3 heteroatoms. The number of halogens is 1. The topological polar surface area (TPSA) is 0 Å². The Hall–Kier alpha value is -0.0500. The number of thioether (sulfide) groups is 1. The zero-order valence-corrected chi connectivity index (χ0v) is 8.39. The molecule has 0 aliphatic heterocycles. The maximum Gasteiger partial charge on any atom is 0.0775 e. The largest absolute Gasteiger partial charge is 0.117 e. The van der Waals surface area contributed by atoms with E-state index in [-0.39, 0.29) is 0 Å². The van der Waals surface area contributed by atoms with Crippen LogP contribution in [0.5, 0.6) is 0 Å². The van der Waals surface area contributed by atoms with Gasteiger partial charge in [-0.15, -0.1) is 11.8 Å². The summed E-state index contributed by atoms with van der Waals surface area (Å²) in [4.78, 5) is 0. The summed E-state index contributed by atoms with van der Waals surface area (Å²) in [7, 11) is 0. The first kappa shape index (κ1) is 9.04. The summed E-state index contributed by atoms with van der Waals surface area (Å²) in [6.45, 7) is 0. The number of rotatable bonds is 1. The molecular weight excluding hydrogens is 196 g/mol. The molecule has 0 N–H and O–H groups in total. The van der Waals surface area contributed by atoms with E-state index < -0.39 is 0 Å². The monoisotopic (exact) mass is 202 g/mol. The van der Waals surface area contributed by atoms with Crippen LogP contribution in [0.2, 0.25) is 5.02 Å². The average Bonchev–Trinajstić information content (AvgIpc) is 2.05. The molecule has 0 bridgehead atoms. The van der Waals surface area contributed by atoms with Gasteiger partial charge in [-0.25, -0.2) is 0 Å². The Labute approximate surface area is 80.9 Å². The number of thiocarbonyl (C=S) groups is 1. The van der Waals surface area contributed by atoms with Gasteiger partial charge in [-0.05, 0) is 24.0 Å². The highest BCUT2D eigenvalue weighted by molar-refractivity contribution is 8.23. The number of hydrogen-bond acceptors (Lipinski definition) is 2. The maximum absolute atomic E-state index is 5.71. The Morgan fingerprint density at radius 3 is 2.36 bits per heavy atom. The molecule has 11 heavy (non-hydrogen) atoms. The normalized spacial score (nSPS) is 9.64. The third-order valence-electron chi connectivity index (χ3n) is 1.27. The summed E-state index contributed by atoms with van der Waals surface area (Å²) in [5.74, 6) is 0. The van der Waals surface area contributed by atoms with Crippen molar-refractivity contribution in [3.63, 3.8) is 0 Å². The van der Waals surface area contributed by atoms with Gasteiger partial charge in [0, 0.05) is 5.02 Å². The summed E-state index contributed by atoms with van der Waals surface area (Å²) < 4.78 is 0.904. The van der Waals surface area contributed by atoms with Gasteiger partial charge in [0.1, 0.15) is 0 Å². The Balaban J connectivity index is 2.90. The van der Waals surface area contributed by atoms with Crippen molar-refractivity contribution in [1.82, 2.24) is 0 Å². The van der Waals surface area contributed by atoms with E-state index in [4.69, 9.17) is 23.8 Å². The van der Waals surface area contributed by atoms with E-state index in [0.717, 1.165) is 14.8 Å². The van der Waals surface area contributed by atoms with Crippen molar-refractivity contribution in [2.45, 2.75) is 0 Å². The zero-order valence-electron chi connectivity index (χ0n) is 6.00. The van der Waals surface area contributed by atoms with Gasteiger partial charge in [-0.3, -0.25) is 0 Å². The summed E-state index contributed by atoms with van der Waals surface area (Å²) in [5, 5.41) is 0.748. The second kappa shape index (κ2) is 4.10. The lowest BCUT2D eigenvalue weighted by Crippen LogP contribution is -1.88. The molecule has 0 saturated carbocycles. The minimum atomic E-state index is 0.748. The molecule has 0 fully saturated rings. The Morgan fingerprint density at radius 1 is 1.36 bits per heavy atom. The van der Waals surface area contributed by atoms with Crippen molar-refractivity contribution < 1.29 is 0 Å². The molecule has 0 unspecified atom stereocenters. The smallest absolute Gasteiger partial charge is 0.0775 e. The van der Waals surface area contributed by atoms with Crippen molar-refractivity contribution in [2.24, 2.45) is 0 Å². The second-order valence-electron chi connectivity index (χ2n) is 2.00. The first-order valence-electron chi connectivity index (χ1n) is 3.08. The van der Waals surface area contributed by atoms with Crippen LogP contribution in [0, 0.1) is 0 Å².